The first-order valence-electron chi connectivity index (χ1n) is 11.1. The molecule has 0 spiro atoms. The molecule has 3 aromatic rings. The summed E-state index contributed by atoms with van der Waals surface area (Å²) in [5.74, 6) is -0.543. The molecular weight excluding hydrogens is 450 g/mol. The minimum Gasteiger partial charge on any atom is -0.322 e. The van der Waals surface area contributed by atoms with Crippen molar-refractivity contribution in [3.8, 4) is 0 Å². The molecule has 0 aliphatic carbocycles. The summed E-state index contributed by atoms with van der Waals surface area (Å²) in [6, 6.07) is 22.8. The van der Waals surface area contributed by atoms with Crippen LogP contribution in [-0.4, -0.2) is 55.5 Å². The topological polar surface area (TPSA) is 86.8 Å². The number of nitrogens with zero attached hydrogens (tertiary/aromatic N) is 2. The highest BCUT2D eigenvalue weighted by Crippen LogP contribution is 2.21. The van der Waals surface area contributed by atoms with Crippen LogP contribution in [0.2, 0.25) is 0 Å². The first-order chi connectivity index (χ1) is 16.3. The number of Topliss-reactive ketones (excluding diaryl/α,β-unsaturated/α-hetero) is 1. The van der Waals surface area contributed by atoms with Crippen LogP contribution in [0.1, 0.15) is 33.2 Å². The van der Waals surface area contributed by atoms with Crippen LogP contribution < -0.4 is 5.32 Å². The number of hydrogen-bond acceptors (Lipinski definition) is 5. The van der Waals surface area contributed by atoms with E-state index in [4.69, 9.17) is 0 Å². The van der Waals surface area contributed by atoms with Crippen molar-refractivity contribution in [3.05, 3.63) is 95.6 Å². The molecule has 1 heterocycles. The second-order valence-corrected chi connectivity index (χ2v) is 10.2. The number of nitrogens with one attached hydrogen (secondary N) is 1. The zero-order valence-corrected chi connectivity index (χ0v) is 19.8. The number of amides is 1. The third kappa shape index (κ3) is 5.59. The van der Waals surface area contributed by atoms with E-state index in [1.807, 2.05) is 18.2 Å². The molecule has 1 amide bonds. The van der Waals surface area contributed by atoms with Crippen molar-refractivity contribution in [2.24, 2.45) is 0 Å². The van der Waals surface area contributed by atoms with E-state index in [9.17, 15) is 18.0 Å². The summed E-state index contributed by atoms with van der Waals surface area (Å²) in [6.07, 6.45) is 0. The maximum atomic E-state index is 13.2. The third-order valence-electron chi connectivity index (χ3n) is 5.84. The van der Waals surface area contributed by atoms with Crippen molar-refractivity contribution in [2.45, 2.75) is 18.4 Å². The maximum absolute atomic E-state index is 13.2. The lowest BCUT2D eigenvalue weighted by Gasteiger charge is -2.34. The van der Waals surface area contributed by atoms with Gasteiger partial charge in [0.05, 0.1) is 4.90 Å². The van der Waals surface area contributed by atoms with E-state index in [-0.39, 0.29) is 16.2 Å². The lowest BCUT2D eigenvalue weighted by molar-refractivity contribution is 0.101. The summed E-state index contributed by atoms with van der Waals surface area (Å²) in [5, 5.41) is 2.73. The second kappa shape index (κ2) is 10.3. The first-order valence-corrected chi connectivity index (χ1v) is 12.6. The molecule has 1 N–H and O–H groups in total. The van der Waals surface area contributed by atoms with E-state index < -0.39 is 15.9 Å². The molecule has 0 aromatic heterocycles. The Kier molecular flexibility index (Phi) is 7.21. The fourth-order valence-corrected chi connectivity index (χ4v) is 5.40. The predicted molar refractivity (Wildman–Crippen MR) is 131 cm³/mol. The predicted octanol–water partition coefficient (Wildman–Crippen LogP) is 3.65. The number of hydrogen-bond donors (Lipinski definition) is 1. The van der Waals surface area contributed by atoms with Crippen molar-refractivity contribution in [2.75, 3.05) is 31.5 Å². The van der Waals surface area contributed by atoms with Crippen LogP contribution in [0.4, 0.5) is 5.69 Å². The minimum atomic E-state index is -3.72. The Bertz CT molecular complexity index is 1280. The van der Waals surface area contributed by atoms with Crippen molar-refractivity contribution >= 4 is 27.4 Å². The molecule has 1 saturated heterocycles. The van der Waals surface area contributed by atoms with E-state index in [2.05, 4.69) is 22.3 Å². The average molecular weight is 478 g/mol. The first kappa shape index (κ1) is 23.8. The van der Waals surface area contributed by atoms with Gasteiger partial charge in [-0.3, -0.25) is 14.5 Å². The van der Waals surface area contributed by atoms with Crippen LogP contribution in [0, 0.1) is 0 Å². The largest absolute Gasteiger partial charge is 0.322 e. The molecule has 0 saturated carbocycles. The Labute approximate surface area is 200 Å². The van der Waals surface area contributed by atoms with Crippen LogP contribution in [0.15, 0.2) is 83.8 Å². The molecule has 0 atom stereocenters. The van der Waals surface area contributed by atoms with Gasteiger partial charge < -0.3 is 5.32 Å². The lowest BCUT2D eigenvalue weighted by Crippen LogP contribution is -2.48. The van der Waals surface area contributed by atoms with E-state index >= 15 is 0 Å². The number of sulfonamides is 1. The number of piperazine rings is 1. The van der Waals surface area contributed by atoms with Crippen molar-refractivity contribution in [1.29, 1.82) is 0 Å². The molecule has 1 aliphatic heterocycles. The summed E-state index contributed by atoms with van der Waals surface area (Å²) >= 11 is 0. The molecule has 7 nitrogen and oxygen atoms in total. The zero-order chi connectivity index (χ0) is 24.1. The van der Waals surface area contributed by atoms with Gasteiger partial charge in [-0.2, -0.15) is 4.31 Å². The number of anilines is 1. The summed E-state index contributed by atoms with van der Waals surface area (Å²) in [5.41, 5.74) is 2.39. The highest BCUT2D eigenvalue weighted by atomic mass is 32.2. The van der Waals surface area contributed by atoms with Crippen LogP contribution in [0.5, 0.6) is 0 Å². The standard InChI is InChI=1S/C26H27N3O4S/c1-20(30)22-9-5-11-24(17-22)27-26(31)23-10-6-12-25(18-23)34(32,33)29-15-13-28(14-16-29)19-21-7-3-2-4-8-21/h2-12,17-18H,13-16,19H2,1H3,(H,27,31). The van der Waals surface area contributed by atoms with Gasteiger partial charge in [0.15, 0.2) is 5.78 Å². The van der Waals surface area contributed by atoms with Gasteiger partial charge in [-0.05, 0) is 42.8 Å². The van der Waals surface area contributed by atoms with Gasteiger partial charge in [0, 0.05) is 49.5 Å². The summed E-state index contributed by atoms with van der Waals surface area (Å²) in [4.78, 5) is 26.7. The van der Waals surface area contributed by atoms with E-state index in [0.717, 1.165) is 6.54 Å². The van der Waals surface area contributed by atoms with Gasteiger partial charge >= 0.3 is 0 Å². The normalized spacial score (nSPS) is 15.1. The van der Waals surface area contributed by atoms with E-state index in [1.165, 1.54) is 28.9 Å². The second-order valence-electron chi connectivity index (χ2n) is 8.28. The van der Waals surface area contributed by atoms with Crippen LogP contribution >= 0.6 is 0 Å². The highest BCUT2D eigenvalue weighted by molar-refractivity contribution is 7.89. The molecule has 1 fully saturated rings. The average Bonchev–Trinajstić information content (AvgIpc) is 2.85. The van der Waals surface area contributed by atoms with Crippen molar-refractivity contribution < 1.29 is 18.0 Å². The SMILES string of the molecule is CC(=O)c1cccc(NC(=O)c2cccc(S(=O)(=O)N3CCN(Cc4ccccc4)CC3)c2)c1. The molecule has 34 heavy (non-hydrogen) atoms. The molecule has 176 valence electrons. The number of ketones is 1. The van der Waals surface area contributed by atoms with Gasteiger partial charge in [0.25, 0.3) is 5.91 Å². The molecule has 1 aliphatic rings. The monoisotopic (exact) mass is 477 g/mol. The Balaban J connectivity index is 1.43. The van der Waals surface area contributed by atoms with Gasteiger partial charge in [-0.15, -0.1) is 0 Å². The molecular formula is C26H27N3O4S. The number of carbonyl (C=O) groups excluding carboxylic acids is 2. The Morgan fingerprint density at radius 3 is 2.21 bits per heavy atom. The zero-order valence-electron chi connectivity index (χ0n) is 19.0. The summed E-state index contributed by atoms with van der Waals surface area (Å²) in [6.45, 7) is 4.31. The van der Waals surface area contributed by atoms with Crippen molar-refractivity contribution in [1.82, 2.24) is 9.21 Å². The molecule has 0 unspecified atom stereocenters. The summed E-state index contributed by atoms with van der Waals surface area (Å²) in [7, 11) is -3.72. The van der Waals surface area contributed by atoms with Crippen molar-refractivity contribution in [3.63, 3.8) is 0 Å². The minimum absolute atomic E-state index is 0.0918. The fourth-order valence-electron chi connectivity index (χ4n) is 3.94. The Morgan fingerprint density at radius 1 is 0.824 bits per heavy atom. The number of carbonyl (C=O) groups is 2. The molecule has 0 bridgehead atoms. The summed E-state index contributed by atoms with van der Waals surface area (Å²) < 4.78 is 28.0. The van der Waals surface area contributed by atoms with Gasteiger partial charge in [0.2, 0.25) is 10.0 Å². The van der Waals surface area contributed by atoms with Gasteiger partial charge in [-0.1, -0.05) is 48.5 Å². The lowest BCUT2D eigenvalue weighted by atomic mass is 10.1. The highest BCUT2D eigenvalue weighted by Gasteiger charge is 2.29. The van der Waals surface area contributed by atoms with Gasteiger partial charge in [0.1, 0.15) is 0 Å². The van der Waals surface area contributed by atoms with Crippen LogP contribution in [0.25, 0.3) is 0 Å². The Morgan fingerprint density at radius 2 is 1.50 bits per heavy atom. The fraction of sp³-hybridized carbons (Fsp3) is 0.231. The quantitative estimate of drug-likeness (QED) is 0.525. The molecule has 8 heteroatoms. The molecule has 4 rings (SSSR count). The Hall–Kier alpha value is -3.33. The number of rotatable bonds is 7. The maximum Gasteiger partial charge on any atom is 0.255 e. The van der Waals surface area contributed by atoms with Crippen LogP contribution in [-0.2, 0) is 16.6 Å². The van der Waals surface area contributed by atoms with E-state index in [0.29, 0.717) is 37.4 Å². The van der Waals surface area contributed by atoms with Crippen LogP contribution in [0.3, 0.4) is 0 Å². The van der Waals surface area contributed by atoms with E-state index in [1.54, 1.807) is 36.4 Å². The number of benzene rings is 3. The van der Waals surface area contributed by atoms with Gasteiger partial charge in [-0.25, -0.2) is 8.42 Å². The molecule has 0 radical (unpaired) electrons. The smallest absolute Gasteiger partial charge is 0.255 e. The molecule has 3 aromatic carbocycles. The third-order valence-corrected chi connectivity index (χ3v) is 7.74.